The molecule has 0 radical (unpaired) electrons. The quantitative estimate of drug-likeness (QED) is 0.636. The molecule has 3 amide bonds. The molecule has 160 valence electrons. The first-order valence-electron chi connectivity index (χ1n) is 10.6. The van der Waals surface area contributed by atoms with Crippen molar-refractivity contribution >= 4 is 29.4 Å². The molecule has 0 unspecified atom stereocenters. The van der Waals surface area contributed by atoms with E-state index in [1.165, 1.54) is 16.8 Å². The van der Waals surface area contributed by atoms with Gasteiger partial charge in [-0.2, -0.15) is 0 Å². The number of carbonyl (C=O) groups excluding carboxylic acids is 4. The molecule has 1 aliphatic carbocycles. The highest BCUT2D eigenvalue weighted by atomic mass is 16.5. The number of hydrogen-bond acceptors (Lipinski definition) is 5. The van der Waals surface area contributed by atoms with Gasteiger partial charge in [-0.25, -0.2) is 4.79 Å². The van der Waals surface area contributed by atoms with Crippen molar-refractivity contribution in [1.82, 2.24) is 9.80 Å². The van der Waals surface area contributed by atoms with Crippen LogP contribution in [0.3, 0.4) is 0 Å². The molecule has 1 aromatic rings. The number of amides is 3. The number of benzene rings is 1. The molecular formula is C22H27N3O5. The number of likely N-dealkylation sites (N-methyl/N-ethyl adjacent to an activating group) is 1. The largest absolute Gasteiger partial charge is 0.452 e. The van der Waals surface area contributed by atoms with E-state index in [0.717, 1.165) is 19.3 Å². The predicted octanol–water partition coefficient (Wildman–Crippen LogP) is 1.79. The molecule has 4 rings (SSSR count). The molecule has 1 atom stereocenters. The number of fused-ring (bicyclic) bond motifs is 3. The lowest BCUT2D eigenvalue weighted by atomic mass is 9.97. The van der Waals surface area contributed by atoms with Crippen LogP contribution in [0, 0.1) is 5.92 Å². The highest BCUT2D eigenvalue weighted by Crippen LogP contribution is 2.44. The van der Waals surface area contributed by atoms with E-state index in [1.807, 2.05) is 6.92 Å². The van der Waals surface area contributed by atoms with Gasteiger partial charge >= 0.3 is 5.97 Å². The Balaban J connectivity index is 1.55. The molecule has 2 fully saturated rings. The minimum Gasteiger partial charge on any atom is -0.452 e. The molecular weight excluding hydrogens is 386 g/mol. The summed E-state index contributed by atoms with van der Waals surface area (Å²) in [5.74, 6) is -1.03. The fraction of sp³-hybridized carbons (Fsp3) is 0.545. The molecule has 0 aromatic heterocycles. The Bertz CT molecular complexity index is 897. The zero-order valence-corrected chi connectivity index (χ0v) is 17.4. The van der Waals surface area contributed by atoms with Gasteiger partial charge in [0, 0.05) is 33.0 Å². The third-order valence-corrected chi connectivity index (χ3v) is 6.22. The van der Waals surface area contributed by atoms with Crippen LogP contribution >= 0.6 is 0 Å². The van der Waals surface area contributed by atoms with Gasteiger partial charge in [0.15, 0.2) is 6.61 Å². The Hall–Kier alpha value is -2.90. The van der Waals surface area contributed by atoms with E-state index in [4.69, 9.17) is 4.74 Å². The number of rotatable bonds is 7. The number of para-hydroxylation sites is 1. The van der Waals surface area contributed by atoms with Crippen LogP contribution in [0.1, 0.15) is 49.4 Å². The Kier molecular flexibility index (Phi) is 5.26. The van der Waals surface area contributed by atoms with Crippen LogP contribution < -0.4 is 4.90 Å². The van der Waals surface area contributed by atoms with Gasteiger partial charge in [-0.3, -0.25) is 19.3 Å². The molecule has 0 bridgehead atoms. The van der Waals surface area contributed by atoms with E-state index in [-0.39, 0.29) is 37.2 Å². The number of nitrogens with zero attached hydrogens (tertiary/aromatic N) is 3. The van der Waals surface area contributed by atoms with Crippen molar-refractivity contribution in [1.29, 1.82) is 0 Å². The van der Waals surface area contributed by atoms with Crippen LogP contribution in [0.25, 0.3) is 0 Å². The van der Waals surface area contributed by atoms with Gasteiger partial charge in [0.05, 0.1) is 11.3 Å². The van der Waals surface area contributed by atoms with Crippen LogP contribution in [-0.2, 0) is 19.1 Å². The summed E-state index contributed by atoms with van der Waals surface area (Å²) in [6.07, 6.45) is 3.33. The summed E-state index contributed by atoms with van der Waals surface area (Å²) in [5, 5.41) is 0. The minimum absolute atomic E-state index is 0.124. The maximum Gasteiger partial charge on any atom is 0.354 e. The second-order valence-electron chi connectivity index (χ2n) is 8.29. The van der Waals surface area contributed by atoms with E-state index in [0.29, 0.717) is 30.3 Å². The Morgan fingerprint density at radius 3 is 2.67 bits per heavy atom. The van der Waals surface area contributed by atoms with Crippen molar-refractivity contribution in [3.63, 3.8) is 0 Å². The van der Waals surface area contributed by atoms with E-state index in [2.05, 4.69) is 0 Å². The molecule has 0 spiro atoms. The molecule has 0 N–H and O–H groups in total. The van der Waals surface area contributed by atoms with Gasteiger partial charge in [0.25, 0.3) is 11.8 Å². The summed E-state index contributed by atoms with van der Waals surface area (Å²) in [5.41, 5.74) is -0.768. The number of esters is 1. The Morgan fingerprint density at radius 1 is 1.23 bits per heavy atom. The van der Waals surface area contributed by atoms with E-state index >= 15 is 0 Å². The lowest BCUT2D eigenvalue weighted by Crippen LogP contribution is -2.67. The Morgan fingerprint density at radius 2 is 1.97 bits per heavy atom. The summed E-state index contributed by atoms with van der Waals surface area (Å²) < 4.78 is 5.44. The van der Waals surface area contributed by atoms with E-state index in [9.17, 15) is 19.2 Å². The minimum atomic E-state index is -1.55. The van der Waals surface area contributed by atoms with E-state index in [1.54, 1.807) is 29.2 Å². The number of ether oxygens (including phenoxy) is 1. The predicted molar refractivity (Wildman–Crippen MR) is 109 cm³/mol. The summed E-state index contributed by atoms with van der Waals surface area (Å²) in [4.78, 5) is 55.9. The average molecular weight is 413 g/mol. The third-order valence-electron chi connectivity index (χ3n) is 6.22. The highest BCUT2D eigenvalue weighted by molar-refractivity contribution is 6.15. The molecule has 8 heteroatoms. The van der Waals surface area contributed by atoms with Crippen molar-refractivity contribution in [2.24, 2.45) is 5.92 Å². The SMILES string of the molecule is CCCN(CC1CC1)C(=O)COC(=O)[C@]12CCC(=O)N1c1ccccc1C(=O)N2C. The van der Waals surface area contributed by atoms with Crippen LogP contribution in [-0.4, -0.2) is 65.9 Å². The highest BCUT2D eigenvalue weighted by Gasteiger charge is 2.60. The molecule has 3 aliphatic rings. The second-order valence-corrected chi connectivity index (χ2v) is 8.29. The van der Waals surface area contributed by atoms with Crippen molar-refractivity contribution in [3.05, 3.63) is 29.8 Å². The normalized spacial score (nSPS) is 22.6. The topological polar surface area (TPSA) is 87.2 Å². The van der Waals surface area contributed by atoms with Gasteiger partial charge in [-0.15, -0.1) is 0 Å². The summed E-state index contributed by atoms with van der Waals surface area (Å²) in [6, 6.07) is 6.74. The molecule has 1 saturated heterocycles. The summed E-state index contributed by atoms with van der Waals surface area (Å²) in [7, 11) is 1.50. The van der Waals surface area contributed by atoms with Crippen molar-refractivity contribution in [3.8, 4) is 0 Å². The first kappa shape index (κ1) is 20.4. The van der Waals surface area contributed by atoms with Crippen LogP contribution in [0.15, 0.2) is 24.3 Å². The monoisotopic (exact) mass is 413 g/mol. The molecule has 8 nitrogen and oxygen atoms in total. The Labute approximate surface area is 175 Å². The lowest BCUT2D eigenvalue weighted by molar-refractivity contribution is -0.161. The smallest absolute Gasteiger partial charge is 0.354 e. The van der Waals surface area contributed by atoms with Crippen LogP contribution in [0.5, 0.6) is 0 Å². The zero-order chi connectivity index (χ0) is 21.5. The lowest BCUT2D eigenvalue weighted by Gasteiger charge is -2.46. The maximum atomic E-state index is 13.3. The van der Waals surface area contributed by atoms with Crippen molar-refractivity contribution in [2.45, 2.75) is 44.7 Å². The van der Waals surface area contributed by atoms with Crippen molar-refractivity contribution in [2.75, 3.05) is 31.6 Å². The molecule has 1 saturated carbocycles. The van der Waals surface area contributed by atoms with Gasteiger partial charge in [-0.1, -0.05) is 19.1 Å². The van der Waals surface area contributed by atoms with Gasteiger partial charge in [0.2, 0.25) is 11.6 Å². The van der Waals surface area contributed by atoms with Gasteiger partial charge < -0.3 is 14.5 Å². The van der Waals surface area contributed by atoms with Gasteiger partial charge in [-0.05, 0) is 37.3 Å². The fourth-order valence-electron chi connectivity index (χ4n) is 4.42. The number of anilines is 1. The first-order chi connectivity index (χ1) is 14.4. The number of hydrogen-bond donors (Lipinski definition) is 0. The summed E-state index contributed by atoms with van der Waals surface area (Å²) in [6.45, 7) is 2.92. The first-order valence-corrected chi connectivity index (χ1v) is 10.6. The zero-order valence-electron chi connectivity index (χ0n) is 17.4. The van der Waals surface area contributed by atoms with E-state index < -0.39 is 11.6 Å². The standard InChI is InChI=1S/C22H27N3O5/c1-3-12-24(13-15-8-9-15)19(27)14-30-21(29)22-11-10-18(26)25(22)17-7-5-4-6-16(17)20(28)23(22)2/h4-7,15H,3,8-14H2,1-2H3/t22-/m0/s1. The maximum absolute atomic E-state index is 13.3. The molecule has 2 aliphatic heterocycles. The molecule has 30 heavy (non-hydrogen) atoms. The summed E-state index contributed by atoms with van der Waals surface area (Å²) >= 11 is 0. The van der Waals surface area contributed by atoms with Crippen LogP contribution in [0.4, 0.5) is 5.69 Å². The van der Waals surface area contributed by atoms with Crippen molar-refractivity contribution < 1.29 is 23.9 Å². The second kappa shape index (κ2) is 7.74. The average Bonchev–Trinajstić information content (AvgIpc) is 3.50. The van der Waals surface area contributed by atoms with Gasteiger partial charge in [0.1, 0.15) is 0 Å². The number of carbonyl (C=O) groups is 4. The van der Waals surface area contributed by atoms with Crippen LogP contribution in [0.2, 0.25) is 0 Å². The molecule has 1 aromatic carbocycles. The third kappa shape index (κ3) is 3.24. The fourth-order valence-corrected chi connectivity index (χ4v) is 4.42. The molecule has 2 heterocycles.